The average Bonchev–Trinajstić information content (AvgIpc) is 3.59. The maximum Gasteiger partial charge on any atom is 0.260 e. The van der Waals surface area contributed by atoms with Crippen molar-refractivity contribution in [2.75, 3.05) is 54.5 Å². The highest BCUT2D eigenvalue weighted by molar-refractivity contribution is 6.07. The zero-order chi connectivity index (χ0) is 24.1. The largest absolute Gasteiger partial charge is 0.378 e. The van der Waals surface area contributed by atoms with Gasteiger partial charge in [0.25, 0.3) is 5.91 Å². The quantitative estimate of drug-likeness (QED) is 0.629. The Morgan fingerprint density at radius 2 is 1.74 bits per heavy atom. The highest BCUT2D eigenvalue weighted by atomic mass is 19.1. The molecule has 2 aromatic rings. The van der Waals surface area contributed by atoms with Gasteiger partial charge in [-0.1, -0.05) is 20.3 Å². The summed E-state index contributed by atoms with van der Waals surface area (Å²) in [5, 5.41) is 2.91. The van der Waals surface area contributed by atoms with Gasteiger partial charge in [-0.25, -0.2) is 9.97 Å². The number of aromatic nitrogens is 2. The molecule has 1 aliphatic carbocycles. The molecule has 3 fully saturated rings. The van der Waals surface area contributed by atoms with E-state index in [1.165, 1.54) is 31.4 Å². The van der Waals surface area contributed by atoms with E-state index >= 15 is 0 Å². The number of pyridine rings is 2. The zero-order valence-corrected chi connectivity index (χ0v) is 20.6. The van der Waals surface area contributed by atoms with Crippen LogP contribution in [0.5, 0.6) is 0 Å². The molecule has 4 heterocycles. The monoisotopic (exact) mass is 471 g/mol. The number of nitrogens with one attached hydrogen (secondary N) is 1. The average molecular weight is 472 g/mol. The van der Waals surface area contributed by atoms with E-state index in [0.29, 0.717) is 35.8 Å². The normalized spacial score (nSPS) is 18.8. The van der Waals surface area contributed by atoms with Crippen molar-refractivity contribution in [1.29, 1.82) is 0 Å². The van der Waals surface area contributed by atoms with Crippen LogP contribution in [0.25, 0.3) is 0 Å². The van der Waals surface area contributed by atoms with E-state index in [4.69, 9.17) is 4.74 Å². The second-order valence-corrected chi connectivity index (χ2v) is 9.64. The number of aryl methyl sites for hydroxylation is 1. The van der Waals surface area contributed by atoms with Gasteiger partial charge < -0.3 is 19.9 Å². The van der Waals surface area contributed by atoms with Gasteiger partial charge in [0.2, 0.25) is 5.95 Å². The second-order valence-electron chi connectivity index (χ2n) is 9.64. The number of halogens is 1. The SMILES string of the molecule is CCC.Cc1cc(NC(=O)c2ccc(F)nc2N2CCC3(CC2)CC3)nc(N2CCOCC2)c1.[HH]. The van der Waals surface area contributed by atoms with Crippen molar-refractivity contribution in [3.05, 3.63) is 41.3 Å². The number of piperidine rings is 1. The van der Waals surface area contributed by atoms with Crippen molar-refractivity contribution in [3.8, 4) is 0 Å². The standard InChI is InChI=1S/C23H28FN5O2.C3H8.H2/c1-16-14-19(26-20(15-16)28-10-12-31-13-11-28)27-22(30)17-2-3-18(24)25-21(17)29-8-6-23(4-5-23)7-9-29;1-3-2;/h2-3,14-15H,4-13H2,1H3,(H,26,27,30);3H2,1-2H3;1H. The van der Waals surface area contributed by atoms with Crippen molar-refractivity contribution in [3.63, 3.8) is 0 Å². The molecule has 0 atom stereocenters. The van der Waals surface area contributed by atoms with Crippen LogP contribution >= 0.6 is 0 Å². The molecule has 3 aliphatic rings. The summed E-state index contributed by atoms with van der Waals surface area (Å²) >= 11 is 0. The molecule has 8 heteroatoms. The molecule has 2 aromatic heterocycles. The van der Waals surface area contributed by atoms with Crippen molar-refractivity contribution >= 4 is 23.4 Å². The number of carbonyl (C=O) groups excluding carboxylic acids is 1. The molecule has 1 N–H and O–H groups in total. The van der Waals surface area contributed by atoms with E-state index in [1.807, 2.05) is 24.0 Å². The summed E-state index contributed by atoms with van der Waals surface area (Å²) in [6.07, 6.45) is 5.98. The lowest BCUT2D eigenvalue weighted by Gasteiger charge is -2.33. The maximum atomic E-state index is 14.0. The van der Waals surface area contributed by atoms with Crippen molar-refractivity contribution in [1.82, 2.24) is 9.97 Å². The van der Waals surface area contributed by atoms with Crippen LogP contribution in [0.2, 0.25) is 0 Å². The summed E-state index contributed by atoms with van der Waals surface area (Å²) in [4.78, 5) is 26.1. The summed E-state index contributed by atoms with van der Waals surface area (Å²) in [6, 6.07) is 6.62. The smallest absolute Gasteiger partial charge is 0.260 e. The van der Waals surface area contributed by atoms with Crippen LogP contribution in [-0.2, 0) is 4.74 Å². The first kappa shape index (κ1) is 24.4. The Kier molecular flexibility index (Phi) is 7.66. The molecule has 7 nitrogen and oxygen atoms in total. The predicted molar refractivity (Wildman–Crippen MR) is 135 cm³/mol. The number of anilines is 3. The first-order chi connectivity index (χ1) is 16.4. The highest BCUT2D eigenvalue weighted by Crippen LogP contribution is 2.53. The number of carbonyl (C=O) groups is 1. The van der Waals surface area contributed by atoms with Gasteiger partial charge >= 0.3 is 0 Å². The van der Waals surface area contributed by atoms with E-state index < -0.39 is 5.95 Å². The van der Waals surface area contributed by atoms with Crippen LogP contribution in [-0.4, -0.2) is 55.3 Å². The third kappa shape index (κ3) is 5.84. The van der Waals surface area contributed by atoms with Gasteiger partial charge in [0.1, 0.15) is 17.5 Å². The van der Waals surface area contributed by atoms with E-state index in [0.717, 1.165) is 50.4 Å². The van der Waals surface area contributed by atoms with Crippen LogP contribution in [0.3, 0.4) is 0 Å². The molecule has 34 heavy (non-hydrogen) atoms. The fourth-order valence-electron chi connectivity index (χ4n) is 4.56. The first-order valence-corrected chi connectivity index (χ1v) is 12.5. The minimum absolute atomic E-state index is 0. The predicted octanol–water partition coefficient (Wildman–Crippen LogP) is 5.06. The van der Waals surface area contributed by atoms with E-state index in [1.54, 1.807) is 0 Å². The molecule has 186 valence electrons. The van der Waals surface area contributed by atoms with Gasteiger partial charge in [0.15, 0.2) is 0 Å². The summed E-state index contributed by atoms with van der Waals surface area (Å²) < 4.78 is 19.4. The molecule has 2 aliphatic heterocycles. The number of morpholine rings is 1. The van der Waals surface area contributed by atoms with Crippen molar-refractivity contribution < 1.29 is 15.3 Å². The number of amides is 1. The summed E-state index contributed by atoms with van der Waals surface area (Å²) in [5.74, 6) is 0.843. The Morgan fingerprint density at radius 1 is 1.06 bits per heavy atom. The Labute approximate surface area is 203 Å². The van der Waals surface area contributed by atoms with Crippen LogP contribution in [0.15, 0.2) is 24.3 Å². The highest BCUT2D eigenvalue weighted by Gasteiger charge is 2.44. The van der Waals surface area contributed by atoms with Crippen molar-refractivity contribution in [2.45, 2.75) is 52.9 Å². The molecule has 1 saturated carbocycles. The molecule has 0 aromatic carbocycles. The third-order valence-electron chi connectivity index (χ3n) is 6.70. The minimum atomic E-state index is -0.568. The Morgan fingerprint density at radius 3 is 2.38 bits per heavy atom. The number of hydrogen-bond donors (Lipinski definition) is 1. The van der Waals surface area contributed by atoms with Gasteiger partial charge in [-0.2, -0.15) is 4.39 Å². The van der Waals surface area contributed by atoms with Gasteiger partial charge in [-0.05, 0) is 67.9 Å². The lowest BCUT2D eigenvalue weighted by atomic mass is 9.93. The van der Waals surface area contributed by atoms with Crippen LogP contribution in [0.1, 0.15) is 63.3 Å². The van der Waals surface area contributed by atoms with Gasteiger partial charge in [-0.15, -0.1) is 0 Å². The number of nitrogens with zero attached hydrogens (tertiary/aromatic N) is 4. The lowest BCUT2D eigenvalue weighted by Crippen LogP contribution is -2.37. The lowest BCUT2D eigenvalue weighted by molar-refractivity contribution is 0.102. The van der Waals surface area contributed by atoms with Crippen molar-refractivity contribution in [2.24, 2.45) is 5.41 Å². The number of rotatable bonds is 4. The Bertz CT molecular complexity index is 1000. The molecular formula is C26H38FN5O2. The van der Waals surface area contributed by atoms with E-state index in [9.17, 15) is 9.18 Å². The molecule has 2 saturated heterocycles. The van der Waals surface area contributed by atoms with Gasteiger partial charge in [-0.3, -0.25) is 4.79 Å². The molecule has 0 unspecified atom stereocenters. The fraction of sp³-hybridized carbons (Fsp3) is 0.577. The molecule has 1 spiro atoms. The molecular weight excluding hydrogens is 433 g/mol. The number of hydrogen-bond acceptors (Lipinski definition) is 6. The number of ether oxygens (including phenoxy) is 1. The fourth-order valence-corrected chi connectivity index (χ4v) is 4.56. The van der Waals surface area contributed by atoms with E-state index in [-0.39, 0.29) is 7.33 Å². The summed E-state index contributed by atoms with van der Waals surface area (Å²) in [7, 11) is 0. The van der Waals surface area contributed by atoms with Gasteiger partial charge in [0.05, 0.1) is 18.8 Å². The molecule has 0 radical (unpaired) electrons. The molecule has 1 amide bonds. The van der Waals surface area contributed by atoms with Crippen LogP contribution in [0, 0.1) is 18.3 Å². The summed E-state index contributed by atoms with van der Waals surface area (Å²) in [6.45, 7) is 10.7. The first-order valence-electron chi connectivity index (χ1n) is 12.5. The Hall–Kier alpha value is -2.74. The van der Waals surface area contributed by atoms with Gasteiger partial charge in [0, 0.05) is 27.6 Å². The second kappa shape index (κ2) is 10.7. The Balaban J connectivity index is 0.000000815. The van der Waals surface area contributed by atoms with Crippen LogP contribution < -0.4 is 15.1 Å². The third-order valence-corrected chi connectivity index (χ3v) is 6.70. The van der Waals surface area contributed by atoms with Crippen LogP contribution in [0.4, 0.5) is 21.8 Å². The van der Waals surface area contributed by atoms with E-state index in [2.05, 4.69) is 34.0 Å². The molecule has 0 bridgehead atoms. The maximum absolute atomic E-state index is 14.0. The topological polar surface area (TPSA) is 70.6 Å². The summed E-state index contributed by atoms with van der Waals surface area (Å²) in [5.41, 5.74) is 1.88. The zero-order valence-electron chi connectivity index (χ0n) is 20.6. The molecule has 5 rings (SSSR count). The minimum Gasteiger partial charge on any atom is -0.378 e.